The molecule has 0 spiro atoms. The molecule has 0 atom stereocenters. The van der Waals surface area contributed by atoms with Crippen LogP contribution in [0, 0.1) is 5.82 Å². The number of piperazine rings is 1. The molecule has 0 bridgehead atoms. The summed E-state index contributed by atoms with van der Waals surface area (Å²) < 4.78 is 19.3. The Labute approximate surface area is 191 Å². The Morgan fingerprint density at radius 3 is 2.52 bits per heavy atom. The number of hydrogen-bond donors (Lipinski definition) is 2. The summed E-state index contributed by atoms with van der Waals surface area (Å²) >= 11 is 0. The summed E-state index contributed by atoms with van der Waals surface area (Å²) in [7, 11) is 0. The summed E-state index contributed by atoms with van der Waals surface area (Å²) in [6, 6.07) is 7.44. The van der Waals surface area contributed by atoms with E-state index in [9.17, 15) is 18.8 Å². The second-order valence-electron chi connectivity index (χ2n) is 7.68. The molecule has 0 unspecified atom stereocenters. The molecule has 2 N–H and O–H groups in total. The van der Waals surface area contributed by atoms with E-state index in [1.54, 1.807) is 30.0 Å². The van der Waals surface area contributed by atoms with Crippen molar-refractivity contribution in [3.63, 3.8) is 0 Å². The number of benzene rings is 1. The van der Waals surface area contributed by atoms with Gasteiger partial charge in [0, 0.05) is 51.8 Å². The maximum Gasteiger partial charge on any atom is 0.409 e. The smallest absolute Gasteiger partial charge is 0.409 e. The first-order chi connectivity index (χ1) is 15.9. The molecule has 9 nitrogen and oxygen atoms in total. The summed E-state index contributed by atoms with van der Waals surface area (Å²) in [5.74, 6) is -0.569. The topological polar surface area (TPSA) is 104 Å². The van der Waals surface area contributed by atoms with Gasteiger partial charge in [-0.2, -0.15) is 0 Å². The van der Waals surface area contributed by atoms with Crippen molar-refractivity contribution in [2.45, 2.75) is 26.9 Å². The first-order valence-corrected chi connectivity index (χ1v) is 10.8. The lowest BCUT2D eigenvalue weighted by molar-refractivity contribution is 0.0778. The van der Waals surface area contributed by atoms with Crippen molar-refractivity contribution in [3.8, 4) is 0 Å². The number of Topliss-reactive ketones (excluding diaryl/α,β-unsaturated/α-hetero) is 1. The van der Waals surface area contributed by atoms with Gasteiger partial charge in [0.25, 0.3) is 0 Å². The summed E-state index contributed by atoms with van der Waals surface area (Å²) in [4.78, 5) is 43.1. The predicted octanol–water partition coefficient (Wildman–Crippen LogP) is 3.02. The van der Waals surface area contributed by atoms with Gasteiger partial charge in [-0.1, -0.05) is 6.07 Å². The zero-order valence-electron chi connectivity index (χ0n) is 18.8. The number of nitrogens with zero attached hydrogens (tertiary/aromatic N) is 3. The number of nitrogens with one attached hydrogen (secondary N) is 2. The van der Waals surface area contributed by atoms with Crippen LogP contribution in [0.25, 0.3) is 0 Å². The molecule has 33 heavy (non-hydrogen) atoms. The monoisotopic (exact) mass is 457 g/mol. The quantitative estimate of drug-likeness (QED) is 0.620. The molecular formula is C23H28FN5O4. The van der Waals surface area contributed by atoms with Gasteiger partial charge in [0.2, 0.25) is 0 Å². The molecule has 2 aromatic rings. The van der Waals surface area contributed by atoms with Crippen LogP contribution in [-0.2, 0) is 17.8 Å². The Balaban J connectivity index is 1.50. The third kappa shape index (κ3) is 6.98. The van der Waals surface area contributed by atoms with Crippen LogP contribution in [-0.4, -0.2) is 65.5 Å². The molecule has 1 aliphatic rings. The van der Waals surface area contributed by atoms with Crippen molar-refractivity contribution in [3.05, 3.63) is 59.2 Å². The summed E-state index contributed by atoms with van der Waals surface area (Å²) in [6.45, 7) is 6.73. The Kier molecular flexibility index (Phi) is 8.31. The van der Waals surface area contributed by atoms with Crippen LogP contribution in [0.3, 0.4) is 0 Å². The van der Waals surface area contributed by atoms with Gasteiger partial charge in [0.05, 0.1) is 18.5 Å². The van der Waals surface area contributed by atoms with Crippen LogP contribution in [0.1, 0.15) is 35.5 Å². The minimum absolute atomic E-state index is 0.0150. The standard InChI is InChI=1S/C23H28FN5O4/c1-3-33-23(32)29-10-8-28(9-11-29)15-17-4-6-20(24)18(12-17)13-26-22(31)27-19-5-7-21(16(2)30)25-14-19/h4-7,12,14H,3,8-11,13,15H2,1-2H3,(H2,26,27,31). The molecule has 1 fully saturated rings. The number of anilines is 1. The van der Waals surface area contributed by atoms with Gasteiger partial charge < -0.3 is 20.3 Å². The lowest BCUT2D eigenvalue weighted by Gasteiger charge is -2.34. The molecule has 2 heterocycles. The number of ketones is 1. The molecule has 1 saturated heterocycles. The van der Waals surface area contributed by atoms with E-state index >= 15 is 0 Å². The van der Waals surface area contributed by atoms with E-state index in [4.69, 9.17) is 4.74 Å². The lowest BCUT2D eigenvalue weighted by atomic mass is 10.1. The third-order valence-corrected chi connectivity index (χ3v) is 5.24. The number of amides is 3. The number of pyridine rings is 1. The van der Waals surface area contributed by atoms with Crippen LogP contribution in [0.15, 0.2) is 36.5 Å². The maximum absolute atomic E-state index is 14.3. The Hall–Kier alpha value is -3.53. The number of rotatable bonds is 7. The largest absolute Gasteiger partial charge is 0.450 e. The normalized spacial score (nSPS) is 14.0. The zero-order valence-corrected chi connectivity index (χ0v) is 18.8. The summed E-state index contributed by atoms with van der Waals surface area (Å²) in [5, 5.41) is 5.23. The minimum atomic E-state index is -0.507. The van der Waals surface area contributed by atoms with Crippen molar-refractivity contribution in [2.75, 3.05) is 38.1 Å². The number of hydrogen-bond acceptors (Lipinski definition) is 6. The second kappa shape index (κ2) is 11.4. The highest BCUT2D eigenvalue weighted by Gasteiger charge is 2.22. The highest BCUT2D eigenvalue weighted by Crippen LogP contribution is 2.15. The average Bonchev–Trinajstić information content (AvgIpc) is 2.80. The predicted molar refractivity (Wildman–Crippen MR) is 120 cm³/mol. The molecule has 10 heteroatoms. The van der Waals surface area contributed by atoms with Gasteiger partial charge in [0.1, 0.15) is 11.5 Å². The van der Waals surface area contributed by atoms with E-state index in [1.165, 1.54) is 25.3 Å². The molecule has 3 rings (SSSR count). The van der Waals surface area contributed by atoms with Crippen molar-refractivity contribution in [1.82, 2.24) is 20.1 Å². The van der Waals surface area contributed by atoms with E-state index in [0.717, 1.165) is 5.56 Å². The van der Waals surface area contributed by atoms with Crippen LogP contribution in [0.2, 0.25) is 0 Å². The molecule has 3 amide bonds. The van der Waals surface area contributed by atoms with E-state index in [-0.39, 0.29) is 18.4 Å². The second-order valence-corrected chi connectivity index (χ2v) is 7.68. The fourth-order valence-corrected chi connectivity index (χ4v) is 3.45. The van der Waals surface area contributed by atoms with Crippen molar-refractivity contribution in [2.24, 2.45) is 0 Å². The molecule has 1 aliphatic heterocycles. The van der Waals surface area contributed by atoms with Crippen LogP contribution in [0.4, 0.5) is 19.7 Å². The van der Waals surface area contributed by atoms with E-state index in [0.29, 0.717) is 56.3 Å². The SMILES string of the molecule is CCOC(=O)N1CCN(Cc2ccc(F)c(CNC(=O)Nc3ccc(C(C)=O)nc3)c2)CC1. The Morgan fingerprint density at radius 1 is 1.12 bits per heavy atom. The molecule has 1 aromatic carbocycles. The number of urea groups is 1. The molecule has 0 saturated carbocycles. The molecule has 0 radical (unpaired) electrons. The number of halogens is 1. The average molecular weight is 458 g/mol. The fraction of sp³-hybridized carbons (Fsp3) is 0.391. The molecule has 1 aromatic heterocycles. The highest BCUT2D eigenvalue weighted by molar-refractivity contribution is 5.93. The van der Waals surface area contributed by atoms with E-state index in [1.807, 2.05) is 0 Å². The Morgan fingerprint density at radius 2 is 1.88 bits per heavy atom. The van der Waals surface area contributed by atoms with Gasteiger partial charge in [-0.25, -0.2) is 14.0 Å². The third-order valence-electron chi connectivity index (χ3n) is 5.24. The van der Waals surface area contributed by atoms with Crippen molar-refractivity contribution >= 4 is 23.6 Å². The van der Waals surface area contributed by atoms with Crippen molar-refractivity contribution in [1.29, 1.82) is 0 Å². The number of carbonyl (C=O) groups is 3. The molecular weight excluding hydrogens is 429 g/mol. The molecule has 176 valence electrons. The molecule has 0 aliphatic carbocycles. The van der Waals surface area contributed by atoms with Crippen LogP contribution < -0.4 is 10.6 Å². The van der Waals surface area contributed by atoms with Gasteiger partial charge in [-0.15, -0.1) is 0 Å². The van der Waals surface area contributed by atoms with Gasteiger partial charge in [-0.3, -0.25) is 14.7 Å². The Bertz CT molecular complexity index is 991. The van der Waals surface area contributed by atoms with Gasteiger partial charge in [-0.05, 0) is 36.8 Å². The van der Waals surface area contributed by atoms with Gasteiger partial charge >= 0.3 is 12.1 Å². The number of ether oxygens (including phenoxy) is 1. The first-order valence-electron chi connectivity index (χ1n) is 10.8. The fourth-order valence-electron chi connectivity index (χ4n) is 3.45. The minimum Gasteiger partial charge on any atom is -0.450 e. The maximum atomic E-state index is 14.3. The first kappa shape index (κ1) is 24.1. The summed E-state index contributed by atoms with van der Waals surface area (Å²) in [5.41, 5.74) is 2.02. The van der Waals surface area contributed by atoms with Crippen molar-refractivity contribution < 1.29 is 23.5 Å². The van der Waals surface area contributed by atoms with E-state index < -0.39 is 11.8 Å². The van der Waals surface area contributed by atoms with E-state index in [2.05, 4.69) is 20.5 Å². The lowest BCUT2D eigenvalue weighted by Crippen LogP contribution is -2.48. The van der Waals surface area contributed by atoms with Crippen LogP contribution in [0.5, 0.6) is 0 Å². The zero-order chi connectivity index (χ0) is 23.8. The van der Waals surface area contributed by atoms with Crippen LogP contribution >= 0.6 is 0 Å². The highest BCUT2D eigenvalue weighted by atomic mass is 19.1. The number of carbonyl (C=O) groups excluding carboxylic acids is 3. The van der Waals surface area contributed by atoms with Gasteiger partial charge in [0.15, 0.2) is 5.78 Å². The number of aromatic nitrogens is 1. The summed E-state index contributed by atoms with van der Waals surface area (Å²) in [6.07, 6.45) is 1.09.